The lowest BCUT2D eigenvalue weighted by Crippen LogP contribution is -2.12. The molecule has 1 aromatic rings. The summed E-state index contributed by atoms with van der Waals surface area (Å²) < 4.78 is 9.72. The maximum atomic E-state index is 11.6. The topological polar surface area (TPSA) is 52.6 Å². The van der Waals surface area contributed by atoms with Gasteiger partial charge in [0.1, 0.15) is 5.75 Å². The molecule has 0 amide bonds. The number of carbonyl (C=O) groups is 2. The highest BCUT2D eigenvalue weighted by Gasteiger charge is 2.09. The average Bonchev–Trinajstić information content (AvgIpc) is 2.25. The van der Waals surface area contributed by atoms with Crippen LogP contribution in [0.1, 0.15) is 22.8 Å². The van der Waals surface area contributed by atoms with Crippen molar-refractivity contribution in [1.82, 2.24) is 0 Å². The Bertz CT molecular complexity index is 409. The quantitative estimate of drug-likeness (QED) is 0.575. The van der Waals surface area contributed by atoms with Crippen molar-refractivity contribution in [1.29, 1.82) is 0 Å². The number of carbonyl (C=O) groups excluding carboxylic acids is 2. The SMILES string of the molecule is COc1ccc(C(=O)COC(C)=O)cc1C. The van der Waals surface area contributed by atoms with E-state index in [0.29, 0.717) is 5.56 Å². The highest BCUT2D eigenvalue weighted by molar-refractivity contribution is 5.98. The van der Waals surface area contributed by atoms with Gasteiger partial charge in [-0.3, -0.25) is 9.59 Å². The molecule has 1 aromatic carbocycles. The van der Waals surface area contributed by atoms with Crippen LogP contribution >= 0.6 is 0 Å². The van der Waals surface area contributed by atoms with E-state index in [1.807, 2.05) is 6.92 Å². The largest absolute Gasteiger partial charge is 0.496 e. The third kappa shape index (κ3) is 3.08. The predicted molar refractivity (Wildman–Crippen MR) is 58.7 cm³/mol. The van der Waals surface area contributed by atoms with Crippen LogP contribution in [-0.4, -0.2) is 25.5 Å². The van der Waals surface area contributed by atoms with E-state index in [0.717, 1.165) is 11.3 Å². The van der Waals surface area contributed by atoms with Gasteiger partial charge in [0, 0.05) is 12.5 Å². The van der Waals surface area contributed by atoms with E-state index in [2.05, 4.69) is 4.74 Å². The van der Waals surface area contributed by atoms with E-state index < -0.39 is 5.97 Å². The summed E-state index contributed by atoms with van der Waals surface area (Å²) in [6, 6.07) is 5.08. The fourth-order valence-electron chi connectivity index (χ4n) is 1.30. The summed E-state index contributed by atoms with van der Waals surface area (Å²) >= 11 is 0. The first-order valence-electron chi connectivity index (χ1n) is 4.86. The number of methoxy groups -OCH3 is 1. The van der Waals surface area contributed by atoms with Crippen LogP contribution in [0.5, 0.6) is 5.75 Å². The van der Waals surface area contributed by atoms with Crippen LogP contribution in [0.25, 0.3) is 0 Å². The van der Waals surface area contributed by atoms with Crippen LogP contribution in [0.4, 0.5) is 0 Å². The Balaban J connectivity index is 2.77. The molecule has 4 nitrogen and oxygen atoms in total. The minimum atomic E-state index is -0.460. The first-order valence-corrected chi connectivity index (χ1v) is 4.86. The lowest BCUT2D eigenvalue weighted by Gasteiger charge is -2.06. The molecular formula is C12H14O4. The Morgan fingerprint density at radius 2 is 2.00 bits per heavy atom. The van der Waals surface area contributed by atoms with Crippen molar-refractivity contribution in [3.05, 3.63) is 29.3 Å². The number of esters is 1. The summed E-state index contributed by atoms with van der Waals surface area (Å²) in [6.07, 6.45) is 0. The van der Waals surface area contributed by atoms with Gasteiger partial charge in [-0.1, -0.05) is 0 Å². The van der Waals surface area contributed by atoms with E-state index >= 15 is 0 Å². The molecule has 0 atom stereocenters. The van der Waals surface area contributed by atoms with Crippen molar-refractivity contribution in [2.45, 2.75) is 13.8 Å². The fourth-order valence-corrected chi connectivity index (χ4v) is 1.30. The number of aryl methyl sites for hydroxylation is 1. The highest BCUT2D eigenvalue weighted by Crippen LogP contribution is 2.18. The summed E-state index contributed by atoms with van der Waals surface area (Å²) in [4.78, 5) is 22.1. The van der Waals surface area contributed by atoms with Crippen molar-refractivity contribution in [2.75, 3.05) is 13.7 Å². The van der Waals surface area contributed by atoms with E-state index in [4.69, 9.17) is 4.74 Å². The first kappa shape index (κ1) is 12.2. The van der Waals surface area contributed by atoms with Gasteiger partial charge >= 0.3 is 5.97 Å². The zero-order valence-corrected chi connectivity index (χ0v) is 9.57. The molecule has 1 rings (SSSR count). The molecule has 4 heteroatoms. The number of hydrogen-bond acceptors (Lipinski definition) is 4. The minimum absolute atomic E-state index is 0.221. The van der Waals surface area contributed by atoms with Crippen molar-refractivity contribution < 1.29 is 19.1 Å². The zero-order valence-electron chi connectivity index (χ0n) is 9.57. The molecular weight excluding hydrogens is 208 g/mol. The number of hydrogen-bond donors (Lipinski definition) is 0. The van der Waals surface area contributed by atoms with Crippen LogP contribution in [0.3, 0.4) is 0 Å². The molecule has 16 heavy (non-hydrogen) atoms. The van der Waals surface area contributed by atoms with Gasteiger partial charge in [-0.15, -0.1) is 0 Å². The lowest BCUT2D eigenvalue weighted by molar-refractivity contribution is -0.139. The Labute approximate surface area is 94.2 Å². The zero-order chi connectivity index (χ0) is 12.1. The summed E-state index contributed by atoms with van der Waals surface area (Å²) in [7, 11) is 1.57. The van der Waals surface area contributed by atoms with Crippen molar-refractivity contribution in [3.8, 4) is 5.75 Å². The molecule has 0 saturated carbocycles. The smallest absolute Gasteiger partial charge is 0.303 e. The molecule has 0 unspecified atom stereocenters. The summed E-state index contributed by atoms with van der Waals surface area (Å²) in [5, 5.41) is 0. The maximum Gasteiger partial charge on any atom is 0.303 e. The second-order valence-electron chi connectivity index (χ2n) is 3.39. The van der Waals surface area contributed by atoms with Gasteiger partial charge in [0.05, 0.1) is 7.11 Å². The molecule has 0 N–H and O–H groups in total. The molecule has 0 bridgehead atoms. The van der Waals surface area contributed by atoms with Gasteiger partial charge in [-0.2, -0.15) is 0 Å². The molecule has 0 aliphatic carbocycles. The van der Waals surface area contributed by atoms with Crippen LogP contribution in [-0.2, 0) is 9.53 Å². The van der Waals surface area contributed by atoms with Gasteiger partial charge in [0.2, 0.25) is 0 Å². The van der Waals surface area contributed by atoms with E-state index in [9.17, 15) is 9.59 Å². The Morgan fingerprint density at radius 1 is 1.31 bits per heavy atom. The Kier molecular flexibility index (Phi) is 4.05. The number of rotatable bonds is 4. The predicted octanol–water partition coefficient (Wildman–Crippen LogP) is 1.75. The number of Topliss-reactive ketones (excluding diaryl/α,β-unsaturated/α-hetero) is 1. The third-order valence-electron chi connectivity index (χ3n) is 2.12. The standard InChI is InChI=1S/C12H14O4/c1-8-6-10(4-5-12(8)15-3)11(14)7-16-9(2)13/h4-6H,7H2,1-3H3. The molecule has 0 aliphatic rings. The van der Waals surface area contributed by atoms with E-state index in [-0.39, 0.29) is 12.4 Å². The van der Waals surface area contributed by atoms with E-state index in [1.165, 1.54) is 6.92 Å². The summed E-state index contributed by atoms with van der Waals surface area (Å²) in [5.41, 5.74) is 1.38. The van der Waals surface area contributed by atoms with E-state index in [1.54, 1.807) is 25.3 Å². The number of ether oxygens (including phenoxy) is 2. The Hall–Kier alpha value is -1.84. The van der Waals surface area contributed by atoms with Crippen LogP contribution in [0.2, 0.25) is 0 Å². The molecule has 0 aromatic heterocycles. The number of benzene rings is 1. The molecule has 0 fully saturated rings. The molecule has 0 spiro atoms. The van der Waals surface area contributed by atoms with Gasteiger partial charge in [-0.05, 0) is 30.7 Å². The van der Waals surface area contributed by atoms with Crippen LogP contribution in [0, 0.1) is 6.92 Å². The van der Waals surface area contributed by atoms with Crippen molar-refractivity contribution in [2.24, 2.45) is 0 Å². The lowest BCUT2D eigenvalue weighted by atomic mass is 10.1. The minimum Gasteiger partial charge on any atom is -0.496 e. The Morgan fingerprint density at radius 3 is 2.50 bits per heavy atom. The molecule has 0 radical (unpaired) electrons. The summed E-state index contributed by atoms with van der Waals surface area (Å²) in [5.74, 6) is 0.0450. The third-order valence-corrected chi connectivity index (χ3v) is 2.12. The monoisotopic (exact) mass is 222 g/mol. The molecule has 0 aliphatic heterocycles. The average molecular weight is 222 g/mol. The van der Waals surface area contributed by atoms with Crippen molar-refractivity contribution in [3.63, 3.8) is 0 Å². The second kappa shape index (κ2) is 5.30. The van der Waals surface area contributed by atoms with Gasteiger partial charge < -0.3 is 9.47 Å². The fraction of sp³-hybridized carbons (Fsp3) is 0.333. The van der Waals surface area contributed by atoms with Crippen molar-refractivity contribution >= 4 is 11.8 Å². The second-order valence-corrected chi connectivity index (χ2v) is 3.39. The normalized spacial score (nSPS) is 9.69. The molecule has 0 saturated heterocycles. The highest BCUT2D eigenvalue weighted by atomic mass is 16.5. The van der Waals surface area contributed by atoms with Gasteiger partial charge in [-0.25, -0.2) is 0 Å². The maximum absolute atomic E-state index is 11.6. The first-order chi connectivity index (χ1) is 7.54. The van der Waals surface area contributed by atoms with Gasteiger partial charge in [0.25, 0.3) is 0 Å². The summed E-state index contributed by atoms with van der Waals surface area (Å²) in [6.45, 7) is 2.90. The molecule has 0 heterocycles. The number of ketones is 1. The van der Waals surface area contributed by atoms with Crippen LogP contribution in [0.15, 0.2) is 18.2 Å². The van der Waals surface area contributed by atoms with Crippen LogP contribution < -0.4 is 4.74 Å². The molecule has 86 valence electrons. The van der Waals surface area contributed by atoms with Gasteiger partial charge in [0.15, 0.2) is 12.4 Å².